The summed E-state index contributed by atoms with van der Waals surface area (Å²) < 4.78 is 0. The third-order valence-corrected chi connectivity index (χ3v) is 2.00. The molecule has 0 heterocycles. The quantitative estimate of drug-likeness (QED) is 0.515. The number of unbranched alkanes of at least 4 members (excludes halogenated alkanes) is 2. The van der Waals surface area contributed by atoms with Crippen molar-refractivity contribution in [3.05, 3.63) is 0 Å². The van der Waals surface area contributed by atoms with Crippen LogP contribution >= 0.6 is 0 Å². The second-order valence-electron chi connectivity index (χ2n) is 3.32. The highest BCUT2D eigenvalue weighted by Crippen LogP contribution is 1.86. The largest absolute Gasteiger partial charge is 0.341 e. The Morgan fingerprint density at radius 1 is 1.07 bits per heavy atom. The van der Waals surface area contributed by atoms with Crippen LogP contribution < -0.4 is 16.0 Å². The van der Waals surface area contributed by atoms with E-state index in [1.54, 1.807) is 7.05 Å². The van der Waals surface area contributed by atoms with E-state index in [4.69, 9.17) is 0 Å². The van der Waals surface area contributed by atoms with E-state index in [1.165, 1.54) is 12.8 Å². The average molecular weight is 201 g/mol. The van der Waals surface area contributed by atoms with Gasteiger partial charge in [0.05, 0.1) is 0 Å². The molecule has 0 saturated heterocycles. The molecule has 4 nitrogen and oxygen atoms in total. The van der Waals surface area contributed by atoms with Gasteiger partial charge in [-0.1, -0.05) is 13.3 Å². The Labute approximate surface area is 86.8 Å². The average Bonchev–Trinajstić information content (AvgIpc) is 2.21. The van der Waals surface area contributed by atoms with Crippen LogP contribution in [0, 0.1) is 0 Å². The van der Waals surface area contributed by atoms with Crippen LogP contribution in [0.1, 0.15) is 32.6 Å². The first-order valence-corrected chi connectivity index (χ1v) is 5.47. The van der Waals surface area contributed by atoms with Crippen molar-refractivity contribution in [1.82, 2.24) is 16.0 Å². The maximum atomic E-state index is 10.7. The van der Waals surface area contributed by atoms with Gasteiger partial charge < -0.3 is 16.0 Å². The first kappa shape index (κ1) is 13.2. The van der Waals surface area contributed by atoms with E-state index < -0.39 is 0 Å². The van der Waals surface area contributed by atoms with Crippen molar-refractivity contribution in [2.24, 2.45) is 0 Å². The number of nitrogens with one attached hydrogen (secondary N) is 3. The van der Waals surface area contributed by atoms with Gasteiger partial charge in [0.2, 0.25) is 0 Å². The molecule has 2 amide bonds. The van der Waals surface area contributed by atoms with Crippen molar-refractivity contribution < 1.29 is 4.79 Å². The predicted molar refractivity (Wildman–Crippen MR) is 59.5 cm³/mol. The van der Waals surface area contributed by atoms with Crippen LogP contribution in [0.3, 0.4) is 0 Å². The van der Waals surface area contributed by atoms with Crippen LogP contribution in [0.2, 0.25) is 0 Å². The zero-order valence-electron chi connectivity index (χ0n) is 9.36. The van der Waals surface area contributed by atoms with Gasteiger partial charge in [0.1, 0.15) is 0 Å². The molecule has 0 aromatic heterocycles. The fraction of sp³-hybridized carbons (Fsp3) is 0.900. The lowest BCUT2D eigenvalue weighted by atomic mass is 10.3. The second kappa shape index (κ2) is 10.3. The molecule has 0 bridgehead atoms. The summed E-state index contributed by atoms with van der Waals surface area (Å²) in [6.07, 6.45) is 4.64. The van der Waals surface area contributed by atoms with Crippen molar-refractivity contribution in [1.29, 1.82) is 0 Å². The molecule has 0 unspecified atom stereocenters. The Bertz CT molecular complexity index is 139. The molecule has 3 N–H and O–H groups in total. The van der Waals surface area contributed by atoms with Crippen LogP contribution in [0.4, 0.5) is 4.79 Å². The van der Waals surface area contributed by atoms with Crippen LogP contribution in [-0.2, 0) is 0 Å². The van der Waals surface area contributed by atoms with Crippen molar-refractivity contribution in [2.75, 3.05) is 26.7 Å². The van der Waals surface area contributed by atoms with Gasteiger partial charge in [-0.3, -0.25) is 0 Å². The maximum absolute atomic E-state index is 10.7. The Hall–Kier alpha value is -0.770. The number of amides is 2. The Balaban J connectivity index is 2.95. The first-order chi connectivity index (χ1) is 6.81. The molecule has 4 heteroatoms. The van der Waals surface area contributed by atoms with E-state index >= 15 is 0 Å². The third kappa shape index (κ3) is 9.32. The summed E-state index contributed by atoms with van der Waals surface area (Å²) in [5.74, 6) is 0. The summed E-state index contributed by atoms with van der Waals surface area (Å²) in [5, 5.41) is 8.63. The highest BCUT2D eigenvalue weighted by Gasteiger charge is 1.93. The minimum absolute atomic E-state index is 0.0936. The third-order valence-electron chi connectivity index (χ3n) is 2.00. The summed E-state index contributed by atoms with van der Waals surface area (Å²) in [7, 11) is 1.63. The lowest BCUT2D eigenvalue weighted by Crippen LogP contribution is -2.33. The smallest absolute Gasteiger partial charge is 0.314 e. The summed E-state index contributed by atoms with van der Waals surface area (Å²) in [5.41, 5.74) is 0. The molecule has 0 aliphatic heterocycles. The minimum atomic E-state index is -0.0936. The highest BCUT2D eigenvalue weighted by molar-refractivity contribution is 5.73. The molecule has 0 rings (SSSR count). The maximum Gasteiger partial charge on any atom is 0.314 e. The number of hydrogen-bond donors (Lipinski definition) is 3. The summed E-state index contributed by atoms with van der Waals surface area (Å²) in [4.78, 5) is 10.7. The van der Waals surface area contributed by atoms with E-state index in [-0.39, 0.29) is 6.03 Å². The van der Waals surface area contributed by atoms with Gasteiger partial charge in [-0.05, 0) is 32.4 Å². The first-order valence-electron chi connectivity index (χ1n) is 5.47. The van der Waals surface area contributed by atoms with Gasteiger partial charge in [0.15, 0.2) is 0 Å². The van der Waals surface area contributed by atoms with Crippen LogP contribution in [0.25, 0.3) is 0 Å². The number of carbonyl (C=O) groups is 1. The van der Waals surface area contributed by atoms with Crippen molar-refractivity contribution in [3.63, 3.8) is 0 Å². The van der Waals surface area contributed by atoms with Crippen LogP contribution in [0.5, 0.6) is 0 Å². The molecule has 0 spiro atoms. The fourth-order valence-corrected chi connectivity index (χ4v) is 1.09. The second-order valence-corrected chi connectivity index (χ2v) is 3.32. The molecule has 14 heavy (non-hydrogen) atoms. The van der Waals surface area contributed by atoms with Crippen molar-refractivity contribution in [3.8, 4) is 0 Å². The molecular formula is C10H23N3O. The molecule has 0 radical (unpaired) electrons. The standard InChI is InChI=1S/C10H23N3O/c1-3-4-7-12-8-5-6-9-13-10(14)11-2/h12H,3-9H2,1-2H3,(H2,11,13,14). The Morgan fingerprint density at radius 2 is 1.71 bits per heavy atom. The lowest BCUT2D eigenvalue weighted by molar-refractivity contribution is 0.242. The SMILES string of the molecule is CCCCNCCCCNC(=O)NC. The summed E-state index contributed by atoms with van der Waals surface area (Å²) in [6, 6.07) is -0.0936. The zero-order valence-corrected chi connectivity index (χ0v) is 9.36. The van der Waals surface area contributed by atoms with E-state index in [1.807, 2.05) is 0 Å². The van der Waals surface area contributed by atoms with E-state index in [0.29, 0.717) is 0 Å². The molecule has 0 aliphatic rings. The van der Waals surface area contributed by atoms with E-state index in [0.717, 1.165) is 32.5 Å². The van der Waals surface area contributed by atoms with Crippen LogP contribution in [0.15, 0.2) is 0 Å². The molecule has 0 atom stereocenters. The van der Waals surface area contributed by atoms with Gasteiger partial charge in [-0.2, -0.15) is 0 Å². The van der Waals surface area contributed by atoms with Gasteiger partial charge in [-0.15, -0.1) is 0 Å². The zero-order chi connectivity index (χ0) is 10.6. The van der Waals surface area contributed by atoms with Gasteiger partial charge in [0.25, 0.3) is 0 Å². The lowest BCUT2D eigenvalue weighted by Gasteiger charge is -2.05. The monoisotopic (exact) mass is 201 g/mol. The predicted octanol–water partition coefficient (Wildman–Crippen LogP) is 1.09. The molecular weight excluding hydrogens is 178 g/mol. The topological polar surface area (TPSA) is 53.2 Å². The van der Waals surface area contributed by atoms with Gasteiger partial charge >= 0.3 is 6.03 Å². The van der Waals surface area contributed by atoms with E-state index in [2.05, 4.69) is 22.9 Å². The molecule has 0 aliphatic carbocycles. The Kier molecular flexibility index (Phi) is 9.74. The van der Waals surface area contributed by atoms with Crippen molar-refractivity contribution >= 4 is 6.03 Å². The summed E-state index contributed by atoms with van der Waals surface area (Å²) in [6.45, 7) is 5.11. The van der Waals surface area contributed by atoms with E-state index in [9.17, 15) is 4.79 Å². The minimum Gasteiger partial charge on any atom is -0.341 e. The molecule has 0 fully saturated rings. The van der Waals surface area contributed by atoms with Gasteiger partial charge in [-0.25, -0.2) is 4.79 Å². The van der Waals surface area contributed by atoms with Crippen LogP contribution in [-0.4, -0.2) is 32.7 Å². The highest BCUT2D eigenvalue weighted by atomic mass is 16.2. The number of carbonyl (C=O) groups excluding carboxylic acids is 1. The molecule has 0 aromatic rings. The number of urea groups is 1. The Morgan fingerprint density at radius 3 is 2.36 bits per heavy atom. The van der Waals surface area contributed by atoms with Gasteiger partial charge in [0, 0.05) is 13.6 Å². The normalized spacial score (nSPS) is 9.86. The molecule has 0 saturated carbocycles. The molecule has 0 aromatic carbocycles. The summed E-state index contributed by atoms with van der Waals surface area (Å²) >= 11 is 0. The number of rotatable bonds is 8. The fourth-order valence-electron chi connectivity index (χ4n) is 1.09. The molecule has 84 valence electrons. The van der Waals surface area contributed by atoms with Crippen molar-refractivity contribution in [2.45, 2.75) is 32.6 Å². The number of hydrogen-bond acceptors (Lipinski definition) is 2.